The number of halogens is 2. The Bertz CT molecular complexity index is 650. The summed E-state index contributed by atoms with van der Waals surface area (Å²) in [5.74, 6) is -1.73. The molecule has 130 valence electrons. The third-order valence-electron chi connectivity index (χ3n) is 4.92. The molecule has 4 nitrogen and oxygen atoms in total. The fourth-order valence-corrected chi connectivity index (χ4v) is 3.55. The number of hydrogen-bond donors (Lipinski definition) is 1. The molecular weight excluding hydrogens is 314 g/mol. The second-order valence-electron chi connectivity index (χ2n) is 6.63. The van der Waals surface area contributed by atoms with Gasteiger partial charge in [-0.1, -0.05) is 0 Å². The molecule has 1 aromatic rings. The van der Waals surface area contributed by atoms with Crippen LogP contribution in [0.15, 0.2) is 18.2 Å². The average Bonchev–Trinajstić information content (AvgIpc) is 3.37. The Kier molecular flexibility index (Phi) is 4.83. The smallest absolute Gasteiger partial charge is 0.226 e. The van der Waals surface area contributed by atoms with Gasteiger partial charge in [0.05, 0.1) is 5.92 Å². The van der Waals surface area contributed by atoms with Crippen molar-refractivity contribution in [1.82, 2.24) is 10.2 Å². The van der Waals surface area contributed by atoms with E-state index in [4.69, 9.17) is 0 Å². The molecule has 24 heavy (non-hydrogen) atoms. The van der Waals surface area contributed by atoms with Gasteiger partial charge in [-0.05, 0) is 55.9 Å². The van der Waals surface area contributed by atoms with E-state index in [0.717, 1.165) is 25.0 Å². The van der Waals surface area contributed by atoms with Crippen LogP contribution in [-0.2, 0) is 9.59 Å². The molecule has 0 spiro atoms. The third-order valence-corrected chi connectivity index (χ3v) is 4.92. The summed E-state index contributed by atoms with van der Waals surface area (Å²) in [5.41, 5.74) is 0.283. The monoisotopic (exact) mass is 336 g/mol. The molecule has 1 aliphatic carbocycles. The normalized spacial score (nSPS) is 26.1. The van der Waals surface area contributed by atoms with Crippen molar-refractivity contribution in [3.05, 3.63) is 35.4 Å². The minimum atomic E-state index is -0.487. The first-order valence-corrected chi connectivity index (χ1v) is 8.52. The van der Waals surface area contributed by atoms with Crippen molar-refractivity contribution < 1.29 is 18.4 Å². The predicted octanol–water partition coefficient (Wildman–Crippen LogP) is 2.44. The first-order valence-electron chi connectivity index (χ1n) is 8.52. The number of carbonyl (C=O) groups is 2. The van der Waals surface area contributed by atoms with Crippen LogP contribution in [-0.4, -0.2) is 36.3 Å². The number of hydrogen-bond acceptors (Lipinski definition) is 2. The van der Waals surface area contributed by atoms with Crippen molar-refractivity contribution in [3.63, 3.8) is 0 Å². The van der Waals surface area contributed by atoms with Crippen LogP contribution in [0.2, 0.25) is 0 Å². The van der Waals surface area contributed by atoms with Gasteiger partial charge in [-0.25, -0.2) is 8.78 Å². The number of rotatable bonds is 4. The maximum atomic E-state index is 13.8. The van der Waals surface area contributed by atoms with E-state index in [1.807, 2.05) is 6.92 Å². The fourth-order valence-electron chi connectivity index (χ4n) is 3.55. The highest BCUT2D eigenvalue weighted by atomic mass is 19.1. The molecule has 6 heteroatoms. The van der Waals surface area contributed by atoms with Crippen LogP contribution in [0.3, 0.4) is 0 Å². The quantitative estimate of drug-likeness (QED) is 0.918. The molecule has 1 heterocycles. The van der Waals surface area contributed by atoms with Crippen LogP contribution in [0.25, 0.3) is 0 Å². The zero-order chi connectivity index (χ0) is 17.3. The van der Waals surface area contributed by atoms with E-state index >= 15 is 0 Å². The summed E-state index contributed by atoms with van der Waals surface area (Å²) in [4.78, 5) is 26.3. The predicted molar refractivity (Wildman–Crippen MR) is 85.2 cm³/mol. The Morgan fingerprint density at radius 2 is 2.12 bits per heavy atom. The van der Waals surface area contributed by atoms with Crippen molar-refractivity contribution >= 4 is 11.8 Å². The third kappa shape index (κ3) is 3.42. The summed E-state index contributed by atoms with van der Waals surface area (Å²) in [6.45, 7) is 3.49. The van der Waals surface area contributed by atoms with E-state index < -0.39 is 11.6 Å². The van der Waals surface area contributed by atoms with Crippen molar-refractivity contribution in [1.29, 1.82) is 0 Å². The molecule has 2 aliphatic rings. The molecule has 1 N–H and O–H groups in total. The second-order valence-corrected chi connectivity index (χ2v) is 6.63. The number of amides is 2. The lowest BCUT2D eigenvalue weighted by atomic mass is 9.96. The molecular formula is C18H22F2N2O2. The molecule has 3 atom stereocenters. The van der Waals surface area contributed by atoms with Crippen LogP contribution < -0.4 is 5.32 Å². The molecule has 3 rings (SSSR count). The molecule has 0 bridgehead atoms. The Morgan fingerprint density at radius 1 is 1.33 bits per heavy atom. The summed E-state index contributed by atoms with van der Waals surface area (Å²) < 4.78 is 27.2. The SMILES string of the molecule is CCNC(=O)C1CCCN(C(=O)C2CC2c2cc(F)ccc2F)C1. The van der Waals surface area contributed by atoms with Crippen LogP contribution in [0.1, 0.15) is 37.7 Å². The number of likely N-dealkylation sites (tertiary alicyclic amines) is 1. The lowest BCUT2D eigenvalue weighted by Gasteiger charge is -2.32. The van der Waals surface area contributed by atoms with E-state index in [1.165, 1.54) is 6.07 Å². The first-order chi connectivity index (χ1) is 11.5. The molecule has 1 aliphatic heterocycles. The number of piperidine rings is 1. The Balaban J connectivity index is 1.63. The van der Waals surface area contributed by atoms with Gasteiger partial charge in [-0.2, -0.15) is 0 Å². The van der Waals surface area contributed by atoms with E-state index in [-0.39, 0.29) is 35.1 Å². The van der Waals surface area contributed by atoms with Gasteiger partial charge in [0.25, 0.3) is 0 Å². The molecule has 0 aromatic heterocycles. The van der Waals surface area contributed by atoms with Gasteiger partial charge in [0.1, 0.15) is 11.6 Å². The van der Waals surface area contributed by atoms with Gasteiger partial charge in [0.15, 0.2) is 0 Å². The molecule has 2 amide bonds. The zero-order valence-electron chi connectivity index (χ0n) is 13.7. The van der Waals surface area contributed by atoms with E-state index in [1.54, 1.807) is 4.90 Å². The van der Waals surface area contributed by atoms with E-state index in [9.17, 15) is 18.4 Å². The van der Waals surface area contributed by atoms with Crippen LogP contribution >= 0.6 is 0 Å². The Morgan fingerprint density at radius 3 is 2.88 bits per heavy atom. The first kappa shape index (κ1) is 16.9. The Labute approximate surface area is 140 Å². The molecule has 1 saturated carbocycles. The molecule has 2 fully saturated rings. The highest BCUT2D eigenvalue weighted by molar-refractivity contribution is 5.85. The standard InChI is InChI=1S/C18H22F2N2O2/c1-2-21-17(23)11-4-3-7-22(10-11)18(24)15-9-13(15)14-8-12(19)5-6-16(14)20/h5-6,8,11,13,15H,2-4,7,9-10H2,1H3,(H,21,23). The van der Waals surface area contributed by atoms with E-state index in [2.05, 4.69) is 5.32 Å². The lowest BCUT2D eigenvalue weighted by molar-refractivity contribution is -0.136. The summed E-state index contributed by atoms with van der Waals surface area (Å²) in [7, 11) is 0. The second kappa shape index (κ2) is 6.87. The lowest BCUT2D eigenvalue weighted by Crippen LogP contribution is -2.46. The maximum Gasteiger partial charge on any atom is 0.226 e. The van der Waals surface area contributed by atoms with Crippen LogP contribution in [0.5, 0.6) is 0 Å². The van der Waals surface area contributed by atoms with Gasteiger partial charge < -0.3 is 10.2 Å². The van der Waals surface area contributed by atoms with Gasteiger partial charge in [-0.3, -0.25) is 9.59 Å². The maximum absolute atomic E-state index is 13.8. The summed E-state index contributed by atoms with van der Waals surface area (Å²) in [5, 5.41) is 2.80. The van der Waals surface area contributed by atoms with Gasteiger partial charge in [0.2, 0.25) is 11.8 Å². The van der Waals surface area contributed by atoms with Gasteiger partial charge in [-0.15, -0.1) is 0 Å². The fraction of sp³-hybridized carbons (Fsp3) is 0.556. The van der Waals surface area contributed by atoms with Gasteiger partial charge in [0, 0.05) is 25.6 Å². The van der Waals surface area contributed by atoms with Crippen molar-refractivity contribution in [3.8, 4) is 0 Å². The van der Waals surface area contributed by atoms with Crippen LogP contribution in [0, 0.1) is 23.5 Å². The van der Waals surface area contributed by atoms with Crippen molar-refractivity contribution in [2.75, 3.05) is 19.6 Å². The van der Waals surface area contributed by atoms with E-state index in [0.29, 0.717) is 26.1 Å². The Hall–Kier alpha value is -1.98. The molecule has 3 unspecified atom stereocenters. The number of nitrogens with one attached hydrogen (secondary N) is 1. The summed E-state index contributed by atoms with van der Waals surface area (Å²) >= 11 is 0. The highest BCUT2D eigenvalue weighted by Gasteiger charge is 2.47. The zero-order valence-corrected chi connectivity index (χ0v) is 13.7. The average molecular weight is 336 g/mol. The minimum Gasteiger partial charge on any atom is -0.356 e. The number of carbonyl (C=O) groups excluding carboxylic acids is 2. The highest BCUT2D eigenvalue weighted by Crippen LogP contribution is 2.49. The molecule has 0 radical (unpaired) electrons. The topological polar surface area (TPSA) is 49.4 Å². The molecule has 1 aromatic carbocycles. The summed E-state index contributed by atoms with van der Waals surface area (Å²) in [6.07, 6.45) is 2.11. The van der Waals surface area contributed by atoms with Crippen molar-refractivity contribution in [2.24, 2.45) is 11.8 Å². The largest absolute Gasteiger partial charge is 0.356 e. The minimum absolute atomic E-state index is 0.0153. The number of nitrogens with zero attached hydrogens (tertiary/aromatic N) is 1. The van der Waals surface area contributed by atoms with Crippen LogP contribution in [0.4, 0.5) is 8.78 Å². The summed E-state index contributed by atoms with van der Waals surface area (Å²) in [6, 6.07) is 3.37. The van der Waals surface area contributed by atoms with Gasteiger partial charge >= 0.3 is 0 Å². The number of benzene rings is 1. The molecule has 1 saturated heterocycles. The van der Waals surface area contributed by atoms with Crippen molar-refractivity contribution in [2.45, 2.75) is 32.1 Å².